The zero-order chi connectivity index (χ0) is 11.7. The molecule has 0 radical (unpaired) electrons. The van der Waals surface area contributed by atoms with Gasteiger partial charge >= 0.3 is 0 Å². The van der Waals surface area contributed by atoms with Gasteiger partial charge in [-0.25, -0.2) is 0 Å². The Hall–Kier alpha value is -1.51. The summed E-state index contributed by atoms with van der Waals surface area (Å²) in [4.78, 5) is 13.6. The Morgan fingerprint density at radius 3 is 2.31 bits per heavy atom. The number of carbonyl (C=O) groups excluding carboxylic acids is 1. The van der Waals surface area contributed by atoms with Crippen molar-refractivity contribution in [3.63, 3.8) is 0 Å². The highest BCUT2D eigenvalue weighted by Crippen LogP contribution is 2.35. The van der Waals surface area contributed by atoms with Crippen molar-refractivity contribution in [3.8, 4) is 0 Å². The van der Waals surface area contributed by atoms with E-state index in [4.69, 9.17) is 5.73 Å². The normalized spacial score (nSPS) is 12.9. The number of nitrogens with two attached hydrogens (primary N) is 1. The third kappa shape index (κ3) is 1.56. The molecule has 0 aromatic heterocycles. The van der Waals surface area contributed by atoms with Gasteiger partial charge in [0.15, 0.2) is 0 Å². The van der Waals surface area contributed by atoms with Crippen LogP contribution >= 0.6 is 0 Å². The van der Waals surface area contributed by atoms with E-state index in [-0.39, 0.29) is 5.91 Å². The first-order valence-corrected chi connectivity index (χ1v) is 5.88. The number of primary amides is 1. The van der Waals surface area contributed by atoms with Crippen molar-refractivity contribution in [1.82, 2.24) is 0 Å². The second-order valence-electron chi connectivity index (χ2n) is 4.13. The lowest BCUT2D eigenvalue weighted by Crippen LogP contribution is -2.28. The van der Waals surface area contributed by atoms with Gasteiger partial charge in [-0.05, 0) is 49.9 Å². The van der Waals surface area contributed by atoms with Gasteiger partial charge in [-0.3, -0.25) is 4.79 Å². The van der Waals surface area contributed by atoms with E-state index in [9.17, 15) is 4.79 Å². The molecular formula is C13H18N2O. The fourth-order valence-corrected chi connectivity index (χ4v) is 2.41. The summed E-state index contributed by atoms with van der Waals surface area (Å²) in [5.74, 6) is -0.304. The van der Waals surface area contributed by atoms with Crippen LogP contribution in [0.3, 0.4) is 0 Å². The Labute approximate surface area is 96.2 Å². The predicted molar refractivity (Wildman–Crippen MR) is 65.9 cm³/mol. The molecule has 3 heteroatoms. The molecule has 0 heterocycles. The first kappa shape index (κ1) is 11.0. The van der Waals surface area contributed by atoms with Crippen LogP contribution < -0.4 is 10.6 Å². The Bertz CT molecular complexity index is 422. The van der Waals surface area contributed by atoms with Gasteiger partial charge < -0.3 is 10.6 Å². The smallest absolute Gasteiger partial charge is 0.248 e. The minimum absolute atomic E-state index is 0.304. The van der Waals surface area contributed by atoms with Crippen molar-refractivity contribution in [2.45, 2.75) is 26.7 Å². The Balaban J connectivity index is 2.44. The van der Waals surface area contributed by atoms with E-state index in [1.54, 1.807) is 0 Å². The van der Waals surface area contributed by atoms with Crippen LogP contribution in [0.5, 0.6) is 0 Å². The summed E-state index contributed by atoms with van der Waals surface area (Å²) < 4.78 is 0. The molecule has 0 unspecified atom stereocenters. The van der Waals surface area contributed by atoms with Crippen LogP contribution in [0.2, 0.25) is 0 Å². The lowest BCUT2D eigenvalue weighted by atomic mass is 9.82. The Morgan fingerprint density at radius 1 is 1.25 bits per heavy atom. The fourth-order valence-electron chi connectivity index (χ4n) is 2.41. The van der Waals surface area contributed by atoms with Crippen LogP contribution in [0.25, 0.3) is 0 Å². The maximum absolute atomic E-state index is 11.2. The number of amides is 1. The van der Waals surface area contributed by atoms with Crippen molar-refractivity contribution in [2.75, 3.05) is 18.0 Å². The number of fused-ring (bicyclic) bond motifs is 1. The largest absolute Gasteiger partial charge is 0.372 e. The standard InChI is InChI=1S/C13H18N2O/c1-3-15(4-2)12-8-7-11(13(14)16)9-5-6-10(9)12/h7-8H,3-6H2,1-2H3,(H2,14,16). The van der Waals surface area contributed by atoms with Crippen molar-refractivity contribution >= 4 is 11.6 Å². The first-order chi connectivity index (χ1) is 7.69. The van der Waals surface area contributed by atoms with Crippen LogP contribution in [0, 0.1) is 0 Å². The molecular weight excluding hydrogens is 200 g/mol. The van der Waals surface area contributed by atoms with E-state index >= 15 is 0 Å². The monoisotopic (exact) mass is 218 g/mol. The average Bonchev–Trinajstić information content (AvgIpc) is 2.21. The van der Waals surface area contributed by atoms with Crippen LogP contribution in [0.4, 0.5) is 5.69 Å². The SMILES string of the molecule is CCN(CC)c1ccc(C(N)=O)c2c1CC2. The lowest BCUT2D eigenvalue weighted by molar-refractivity contribution is 0.0999. The summed E-state index contributed by atoms with van der Waals surface area (Å²) in [6, 6.07) is 3.90. The number of hydrogen-bond acceptors (Lipinski definition) is 2. The number of rotatable bonds is 4. The lowest BCUT2D eigenvalue weighted by Gasteiger charge is -2.31. The van der Waals surface area contributed by atoms with E-state index in [2.05, 4.69) is 18.7 Å². The molecule has 0 aliphatic heterocycles. The maximum Gasteiger partial charge on any atom is 0.248 e. The molecule has 1 aliphatic rings. The molecule has 0 saturated carbocycles. The molecule has 3 nitrogen and oxygen atoms in total. The predicted octanol–water partition coefficient (Wildman–Crippen LogP) is 1.73. The second-order valence-corrected chi connectivity index (χ2v) is 4.13. The van der Waals surface area contributed by atoms with E-state index < -0.39 is 0 Å². The molecule has 1 aliphatic carbocycles. The van der Waals surface area contributed by atoms with Gasteiger partial charge in [0.25, 0.3) is 0 Å². The van der Waals surface area contributed by atoms with E-state index in [1.165, 1.54) is 11.3 Å². The van der Waals surface area contributed by atoms with Gasteiger partial charge in [0.1, 0.15) is 0 Å². The van der Waals surface area contributed by atoms with Gasteiger partial charge in [0, 0.05) is 24.3 Å². The summed E-state index contributed by atoms with van der Waals surface area (Å²) >= 11 is 0. The quantitative estimate of drug-likeness (QED) is 0.836. The molecule has 2 N–H and O–H groups in total. The summed E-state index contributed by atoms with van der Waals surface area (Å²) in [7, 11) is 0. The zero-order valence-electron chi connectivity index (χ0n) is 9.92. The van der Waals surface area contributed by atoms with Gasteiger partial charge in [-0.15, -0.1) is 0 Å². The van der Waals surface area contributed by atoms with Crippen LogP contribution in [-0.2, 0) is 12.8 Å². The van der Waals surface area contributed by atoms with Crippen molar-refractivity contribution in [1.29, 1.82) is 0 Å². The summed E-state index contributed by atoms with van der Waals surface area (Å²) in [6.07, 6.45) is 2.06. The highest BCUT2D eigenvalue weighted by Gasteiger charge is 2.24. The third-order valence-electron chi connectivity index (χ3n) is 3.40. The molecule has 0 fully saturated rings. The minimum atomic E-state index is -0.304. The van der Waals surface area contributed by atoms with Crippen LogP contribution in [0.1, 0.15) is 35.3 Å². The first-order valence-electron chi connectivity index (χ1n) is 5.88. The number of anilines is 1. The molecule has 1 aromatic carbocycles. The second kappa shape index (κ2) is 4.16. The van der Waals surface area contributed by atoms with Crippen molar-refractivity contribution in [3.05, 3.63) is 28.8 Å². The van der Waals surface area contributed by atoms with E-state index in [1.807, 2.05) is 12.1 Å². The van der Waals surface area contributed by atoms with Crippen LogP contribution in [-0.4, -0.2) is 19.0 Å². The summed E-state index contributed by atoms with van der Waals surface area (Å²) in [6.45, 7) is 6.30. The number of hydrogen-bond donors (Lipinski definition) is 1. The van der Waals surface area contributed by atoms with Gasteiger partial charge in [0.05, 0.1) is 0 Å². The van der Waals surface area contributed by atoms with Crippen LogP contribution in [0.15, 0.2) is 12.1 Å². The molecule has 1 amide bonds. The molecule has 86 valence electrons. The third-order valence-corrected chi connectivity index (χ3v) is 3.40. The fraction of sp³-hybridized carbons (Fsp3) is 0.462. The molecule has 0 spiro atoms. The maximum atomic E-state index is 11.2. The van der Waals surface area contributed by atoms with E-state index in [0.29, 0.717) is 5.56 Å². The highest BCUT2D eigenvalue weighted by atomic mass is 16.1. The zero-order valence-corrected chi connectivity index (χ0v) is 9.92. The molecule has 1 aromatic rings. The number of carbonyl (C=O) groups is 1. The van der Waals surface area contributed by atoms with E-state index in [0.717, 1.165) is 31.5 Å². The highest BCUT2D eigenvalue weighted by molar-refractivity contribution is 5.96. The summed E-state index contributed by atoms with van der Waals surface area (Å²) in [5.41, 5.74) is 9.82. The number of nitrogens with zero attached hydrogens (tertiary/aromatic N) is 1. The topological polar surface area (TPSA) is 46.3 Å². The molecule has 2 rings (SSSR count). The van der Waals surface area contributed by atoms with Gasteiger partial charge in [-0.2, -0.15) is 0 Å². The van der Waals surface area contributed by atoms with Crippen molar-refractivity contribution < 1.29 is 4.79 Å². The molecule has 16 heavy (non-hydrogen) atoms. The minimum Gasteiger partial charge on any atom is -0.372 e. The van der Waals surface area contributed by atoms with Gasteiger partial charge in [-0.1, -0.05) is 0 Å². The summed E-state index contributed by atoms with van der Waals surface area (Å²) in [5, 5.41) is 0. The average molecular weight is 218 g/mol. The molecule has 0 saturated heterocycles. The van der Waals surface area contributed by atoms with Crippen molar-refractivity contribution in [2.24, 2.45) is 5.73 Å². The number of benzene rings is 1. The molecule has 0 atom stereocenters. The Kier molecular flexibility index (Phi) is 2.86. The Morgan fingerprint density at radius 2 is 1.88 bits per heavy atom. The molecule has 0 bridgehead atoms. The van der Waals surface area contributed by atoms with Gasteiger partial charge in [0.2, 0.25) is 5.91 Å².